The second kappa shape index (κ2) is 6.49. The van der Waals surface area contributed by atoms with Gasteiger partial charge in [-0.15, -0.1) is 0 Å². The predicted octanol–water partition coefficient (Wildman–Crippen LogP) is 3.14. The van der Waals surface area contributed by atoms with Crippen molar-refractivity contribution in [3.8, 4) is 0 Å². The highest BCUT2D eigenvalue weighted by atomic mass is 32.1. The van der Waals surface area contributed by atoms with E-state index in [1.54, 1.807) is 11.3 Å². The van der Waals surface area contributed by atoms with Gasteiger partial charge in [-0.05, 0) is 41.1 Å². The van der Waals surface area contributed by atoms with Crippen LogP contribution >= 0.6 is 24.0 Å². The molecule has 1 nitrogen and oxygen atoms in total. The zero-order chi connectivity index (χ0) is 10.4. The van der Waals surface area contributed by atoms with Crippen LogP contribution < -0.4 is 0 Å². The first-order valence-electron chi connectivity index (χ1n) is 5.06. The lowest BCUT2D eigenvalue weighted by Gasteiger charge is -2.21. The maximum absolute atomic E-state index is 4.36. The van der Waals surface area contributed by atoms with Crippen LogP contribution in [-0.4, -0.2) is 24.2 Å². The molecule has 0 spiro atoms. The van der Waals surface area contributed by atoms with Crippen LogP contribution in [-0.2, 0) is 6.54 Å². The van der Waals surface area contributed by atoms with Crippen molar-refractivity contribution in [1.82, 2.24) is 4.90 Å². The minimum atomic E-state index is 0.724. The van der Waals surface area contributed by atoms with Gasteiger partial charge in [-0.3, -0.25) is 0 Å². The van der Waals surface area contributed by atoms with E-state index in [1.807, 2.05) is 0 Å². The van der Waals surface area contributed by atoms with E-state index in [2.05, 4.69) is 48.3 Å². The van der Waals surface area contributed by atoms with Crippen molar-refractivity contribution in [2.24, 2.45) is 5.92 Å². The molecule has 0 fully saturated rings. The zero-order valence-corrected chi connectivity index (χ0v) is 10.7. The highest BCUT2D eigenvalue weighted by Crippen LogP contribution is 2.11. The number of hydrogen-bond acceptors (Lipinski definition) is 3. The number of rotatable bonds is 6. The molecule has 0 saturated carbocycles. The third-order valence-corrected chi connectivity index (χ3v) is 3.69. The van der Waals surface area contributed by atoms with Gasteiger partial charge in [-0.25, -0.2) is 0 Å². The molecule has 1 rings (SSSR count). The summed E-state index contributed by atoms with van der Waals surface area (Å²) in [4.78, 5) is 2.38. The first-order chi connectivity index (χ1) is 6.76. The lowest BCUT2D eigenvalue weighted by molar-refractivity contribution is 0.278. The fraction of sp³-hybridized carbons (Fsp3) is 0.636. The van der Waals surface area contributed by atoms with Crippen LogP contribution in [0.2, 0.25) is 0 Å². The van der Waals surface area contributed by atoms with Gasteiger partial charge in [0.25, 0.3) is 0 Å². The molecule has 1 heterocycles. The summed E-state index contributed by atoms with van der Waals surface area (Å²) in [5, 5.41) is 4.36. The first kappa shape index (κ1) is 12.1. The summed E-state index contributed by atoms with van der Waals surface area (Å²) in [6.45, 7) is 4.45. The summed E-state index contributed by atoms with van der Waals surface area (Å²) >= 11 is 6.13. The van der Waals surface area contributed by atoms with Gasteiger partial charge in [0.15, 0.2) is 0 Å². The molecule has 0 aliphatic carbocycles. The van der Waals surface area contributed by atoms with Crippen LogP contribution in [0, 0.1) is 5.92 Å². The zero-order valence-electron chi connectivity index (χ0n) is 8.94. The normalized spacial score (nSPS) is 13.4. The van der Waals surface area contributed by atoms with Crippen LogP contribution in [0.4, 0.5) is 0 Å². The number of thiol groups is 1. The number of nitrogens with zero attached hydrogens (tertiary/aromatic N) is 1. The minimum absolute atomic E-state index is 0.724. The van der Waals surface area contributed by atoms with Gasteiger partial charge in [0.1, 0.15) is 0 Å². The average Bonchev–Trinajstić information content (AvgIpc) is 2.66. The second-order valence-electron chi connectivity index (χ2n) is 3.79. The smallest absolute Gasteiger partial charge is 0.0239 e. The molecular weight excluding hydrogens is 210 g/mol. The van der Waals surface area contributed by atoms with Gasteiger partial charge in [-0.1, -0.05) is 13.3 Å². The molecule has 1 atom stereocenters. The lowest BCUT2D eigenvalue weighted by Crippen LogP contribution is -2.25. The third-order valence-electron chi connectivity index (χ3n) is 2.44. The van der Waals surface area contributed by atoms with Crippen molar-refractivity contribution in [1.29, 1.82) is 0 Å². The maximum Gasteiger partial charge on any atom is 0.0239 e. The van der Waals surface area contributed by atoms with Crippen molar-refractivity contribution >= 4 is 24.0 Å². The summed E-state index contributed by atoms with van der Waals surface area (Å²) < 4.78 is 0. The van der Waals surface area contributed by atoms with Gasteiger partial charge in [0, 0.05) is 13.1 Å². The molecule has 3 heteroatoms. The van der Waals surface area contributed by atoms with E-state index in [4.69, 9.17) is 0 Å². The van der Waals surface area contributed by atoms with E-state index in [9.17, 15) is 0 Å². The van der Waals surface area contributed by atoms with Crippen LogP contribution in [0.5, 0.6) is 0 Å². The molecule has 0 bridgehead atoms. The molecule has 0 aliphatic rings. The fourth-order valence-corrected chi connectivity index (χ4v) is 2.55. The molecule has 1 unspecified atom stereocenters. The molecule has 0 amide bonds. The Hall–Kier alpha value is 0.01000. The lowest BCUT2D eigenvalue weighted by atomic mass is 10.1. The van der Waals surface area contributed by atoms with Gasteiger partial charge in [-0.2, -0.15) is 24.0 Å². The molecule has 0 N–H and O–H groups in total. The highest BCUT2D eigenvalue weighted by molar-refractivity contribution is 7.80. The predicted molar refractivity (Wildman–Crippen MR) is 68.3 cm³/mol. The Labute approximate surface area is 96.5 Å². The largest absolute Gasteiger partial charge is 0.302 e. The summed E-state index contributed by atoms with van der Waals surface area (Å²) in [7, 11) is 2.18. The van der Waals surface area contributed by atoms with Crippen molar-refractivity contribution in [3.05, 3.63) is 22.4 Å². The molecule has 0 radical (unpaired) electrons. The Morgan fingerprint density at radius 3 is 2.86 bits per heavy atom. The third kappa shape index (κ3) is 4.03. The van der Waals surface area contributed by atoms with E-state index in [0.29, 0.717) is 0 Å². The summed E-state index contributed by atoms with van der Waals surface area (Å²) in [6.07, 6.45) is 1.22. The monoisotopic (exact) mass is 229 g/mol. The Bertz CT molecular complexity index is 229. The maximum atomic E-state index is 4.36. The van der Waals surface area contributed by atoms with Gasteiger partial charge < -0.3 is 4.90 Å². The Morgan fingerprint density at radius 2 is 2.36 bits per heavy atom. The molecule has 14 heavy (non-hydrogen) atoms. The van der Waals surface area contributed by atoms with Crippen molar-refractivity contribution in [2.45, 2.75) is 19.9 Å². The standard InChI is InChI=1S/C11H19NS2/c1-3-10(8-13)6-12(2)7-11-4-5-14-9-11/h4-5,9-10,13H,3,6-8H2,1-2H3. The van der Waals surface area contributed by atoms with Gasteiger partial charge in [0.05, 0.1) is 0 Å². The second-order valence-corrected chi connectivity index (χ2v) is 4.93. The summed E-state index contributed by atoms with van der Waals surface area (Å²) in [6, 6.07) is 2.20. The van der Waals surface area contributed by atoms with Crippen molar-refractivity contribution in [2.75, 3.05) is 19.3 Å². The van der Waals surface area contributed by atoms with E-state index >= 15 is 0 Å². The molecule has 0 saturated heterocycles. The molecule has 1 aromatic rings. The van der Waals surface area contributed by atoms with Crippen molar-refractivity contribution in [3.63, 3.8) is 0 Å². The van der Waals surface area contributed by atoms with E-state index < -0.39 is 0 Å². The van der Waals surface area contributed by atoms with E-state index in [1.165, 1.54) is 12.0 Å². The average molecular weight is 229 g/mol. The van der Waals surface area contributed by atoms with Gasteiger partial charge >= 0.3 is 0 Å². The van der Waals surface area contributed by atoms with Crippen LogP contribution in [0.15, 0.2) is 16.8 Å². The molecular formula is C11H19NS2. The van der Waals surface area contributed by atoms with E-state index in [0.717, 1.165) is 24.8 Å². The Balaban J connectivity index is 2.31. The Kier molecular flexibility index (Phi) is 5.60. The highest BCUT2D eigenvalue weighted by Gasteiger charge is 2.08. The van der Waals surface area contributed by atoms with Gasteiger partial charge in [0.2, 0.25) is 0 Å². The van der Waals surface area contributed by atoms with Crippen molar-refractivity contribution < 1.29 is 0 Å². The SMILES string of the molecule is CCC(CS)CN(C)Cc1ccsc1. The number of hydrogen-bond donors (Lipinski definition) is 1. The fourth-order valence-electron chi connectivity index (χ4n) is 1.52. The minimum Gasteiger partial charge on any atom is -0.302 e. The number of thiophene rings is 1. The first-order valence-corrected chi connectivity index (χ1v) is 6.64. The van der Waals surface area contributed by atoms with Crippen LogP contribution in [0.1, 0.15) is 18.9 Å². The molecule has 0 aliphatic heterocycles. The molecule has 1 aromatic heterocycles. The molecule has 0 aromatic carbocycles. The topological polar surface area (TPSA) is 3.24 Å². The summed E-state index contributed by atoms with van der Waals surface area (Å²) in [5.41, 5.74) is 1.42. The van der Waals surface area contributed by atoms with Crippen LogP contribution in [0.3, 0.4) is 0 Å². The van der Waals surface area contributed by atoms with E-state index in [-0.39, 0.29) is 0 Å². The molecule has 80 valence electrons. The van der Waals surface area contributed by atoms with Crippen LogP contribution in [0.25, 0.3) is 0 Å². The quantitative estimate of drug-likeness (QED) is 0.734. The Morgan fingerprint density at radius 1 is 1.57 bits per heavy atom. The summed E-state index contributed by atoms with van der Waals surface area (Å²) in [5.74, 6) is 1.71.